The van der Waals surface area contributed by atoms with Gasteiger partial charge in [-0.2, -0.15) is 0 Å². The average molecular weight is 346 g/mol. The lowest BCUT2D eigenvalue weighted by Crippen LogP contribution is -1.91. The molecular weight excluding hydrogens is 324 g/mol. The van der Waals surface area contributed by atoms with Crippen molar-refractivity contribution in [3.63, 3.8) is 0 Å². The number of benzene rings is 4. The molecule has 0 nitrogen and oxygen atoms in total. The maximum Gasteiger partial charge on any atom is -0.00132 e. The fraction of sp³-hybridized carbons (Fsp3) is 0.111. The van der Waals surface area contributed by atoms with Gasteiger partial charge in [0.15, 0.2) is 0 Å². The van der Waals surface area contributed by atoms with Gasteiger partial charge >= 0.3 is 0 Å². The van der Waals surface area contributed by atoms with Gasteiger partial charge in [-0.1, -0.05) is 84.9 Å². The Morgan fingerprint density at radius 2 is 1.19 bits per heavy atom. The molecule has 0 radical (unpaired) electrons. The Labute approximate surface area is 161 Å². The van der Waals surface area contributed by atoms with Gasteiger partial charge in [-0.05, 0) is 75.9 Å². The maximum atomic E-state index is 2.39. The van der Waals surface area contributed by atoms with Crippen molar-refractivity contribution >= 4 is 0 Å². The van der Waals surface area contributed by atoms with E-state index in [0.29, 0.717) is 0 Å². The van der Waals surface area contributed by atoms with E-state index in [0.717, 1.165) is 6.42 Å². The summed E-state index contributed by atoms with van der Waals surface area (Å²) in [6.07, 6.45) is 1.04. The maximum absolute atomic E-state index is 2.39. The van der Waals surface area contributed by atoms with Crippen LogP contribution in [0.5, 0.6) is 0 Å². The van der Waals surface area contributed by atoms with Crippen LogP contribution >= 0.6 is 0 Å². The van der Waals surface area contributed by atoms with Crippen LogP contribution in [0.15, 0.2) is 84.9 Å². The highest BCUT2D eigenvalue weighted by molar-refractivity contribution is 5.83. The Morgan fingerprint density at radius 3 is 2.04 bits per heavy atom. The van der Waals surface area contributed by atoms with Crippen molar-refractivity contribution in [3.05, 3.63) is 107 Å². The molecule has 0 amide bonds. The highest BCUT2D eigenvalue weighted by Crippen LogP contribution is 2.40. The van der Waals surface area contributed by atoms with Gasteiger partial charge in [-0.25, -0.2) is 0 Å². The van der Waals surface area contributed by atoms with Crippen LogP contribution < -0.4 is 0 Å². The molecule has 0 fully saturated rings. The van der Waals surface area contributed by atoms with E-state index in [2.05, 4.69) is 98.8 Å². The van der Waals surface area contributed by atoms with Gasteiger partial charge in [0.2, 0.25) is 0 Å². The third kappa shape index (κ3) is 2.61. The summed E-state index contributed by atoms with van der Waals surface area (Å²) >= 11 is 0. The van der Waals surface area contributed by atoms with E-state index in [1.165, 1.54) is 55.6 Å². The van der Waals surface area contributed by atoms with Crippen LogP contribution in [-0.4, -0.2) is 0 Å². The summed E-state index contributed by atoms with van der Waals surface area (Å²) in [5, 5.41) is 0. The van der Waals surface area contributed by atoms with E-state index in [1.807, 2.05) is 0 Å². The first-order valence-corrected chi connectivity index (χ1v) is 9.59. The second kappa shape index (κ2) is 6.25. The summed E-state index contributed by atoms with van der Waals surface area (Å²) in [5.74, 6) is 0. The van der Waals surface area contributed by atoms with E-state index in [-0.39, 0.29) is 0 Å². The zero-order valence-electron chi connectivity index (χ0n) is 15.8. The number of hydrogen-bond donors (Lipinski definition) is 0. The van der Waals surface area contributed by atoms with Crippen LogP contribution in [0.3, 0.4) is 0 Å². The van der Waals surface area contributed by atoms with Gasteiger partial charge in [-0.3, -0.25) is 0 Å². The van der Waals surface area contributed by atoms with Crippen LogP contribution in [-0.2, 0) is 6.42 Å². The van der Waals surface area contributed by atoms with Crippen molar-refractivity contribution in [3.8, 4) is 33.4 Å². The predicted octanol–water partition coefficient (Wildman–Crippen LogP) is 7.21. The Hall–Kier alpha value is -3.12. The smallest absolute Gasteiger partial charge is 0.00132 e. The molecule has 0 N–H and O–H groups in total. The van der Waals surface area contributed by atoms with Gasteiger partial charge in [0.1, 0.15) is 0 Å². The van der Waals surface area contributed by atoms with Crippen LogP contribution in [0.25, 0.3) is 33.4 Å². The van der Waals surface area contributed by atoms with Crippen LogP contribution in [0.1, 0.15) is 22.3 Å². The van der Waals surface area contributed by atoms with Crippen molar-refractivity contribution in [2.75, 3.05) is 0 Å². The Morgan fingerprint density at radius 1 is 0.519 bits per heavy atom. The summed E-state index contributed by atoms with van der Waals surface area (Å²) < 4.78 is 0. The summed E-state index contributed by atoms with van der Waals surface area (Å²) in [5.41, 5.74) is 13.6. The van der Waals surface area contributed by atoms with Gasteiger partial charge in [0, 0.05) is 0 Å². The van der Waals surface area contributed by atoms with Crippen LogP contribution in [0, 0.1) is 13.8 Å². The first kappa shape index (κ1) is 16.1. The molecule has 130 valence electrons. The van der Waals surface area contributed by atoms with Crippen molar-refractivity contribution < 1.29 is 0 Å². The lowest BCUT2D eigenvalue weighted by Gasteiger charge is -2.14. The quantitative estimate of drug-likeness (QED) is 0.317. The van der Waals surface area contributed by atoms with Crippen molar-refractivity contribution in [1.29, 1.82) is 0 Å². The fourth-order valence-electron chi connectivity index (χ4n) is 4.43. The molecule has 0 unspecified atom stereocenters. The van der Waals surface area contributed by atoms with E-state index in [4.69, 9.17) is 0 Å². The van der Waals surface area contributed by atoms with Crippen LogP contribution in [0.2, 0.25) is 0 Å². The van der Waals surface area contributed by atoms with Gasteiger partial charge in [0.05, 0.1) is 0 Å². The third-order valence-electron chi connectivity index (χ3n) is 5.87. The molecule has 4 aromatic carbocycles. The molecule has 1 aliphatic carbocycles. The molecule has 0 aromatic heterocycles. The number of hydrogen-bond acceptors (Lipinski definition) is 0. The summed E-state index contributed by atoms with van der Waals surface area (Å²) in [6.45, 7) is 4.44. The Balaban J connectivity index is 1.62. The first-order chi connectivity index (χ1) is 13.2. The van der Waals surface area contributed by atoms with Gasteiger partial charge in [-0.15, -0.1) is 0 Å². The van der Waals surface area contributed by atoms with E-state index < -0.39 is 0 Å². The van der Waals surface area contributed by atoms with Crippen molar-refractivity contribution in [2.45, 2.75) is 20.3 Å². The van der Waals surface area contributed by atoms with Crippen molar-refractivity contribution in [1.82, 2.24) is 0 Å². The standard InChI is InChI=1S/C27H22/c1-18-8-3-5-10-23(18)25-13-7-12-24(19(25)2)21-14-15-27-22(17-21)16-20-9-4-6-11-26(20)27/h3-15,17H,16H2,1-2H3. The topological polar surface area (TPSA) is 0 Å². The molecule has 0 spiro atoms. The van der Waals surface area contributed by atoms with Crippen LogP contribution in [0.4, 0.5) is 0 Å². The lowest BCUT2D eigenvalue weighted by molar-refractivity contribution is 1.26. The van der Waals surface area contributed by atoms with Crippen molar-refractivity contribution in [2.24, 2.45) is 0 Å². The fourth-order valence-corrected chi connectivity index (χ4v) is 4.43. The highest BCUT2D eigenvalue weighted by atomic mass is 14.2. The van der Waals surface area contributed by atoms with Gasteiger partial charge < -0.3 is 0 Å². The average Bonchev–Trinajstić information content (AvgIpc) is 3.06. The molecule has 0 heterocycles. The largest absolute Gasteiger partial charge is 0.0620 e. The third-order valence-corrected chi connectivity index (χ3v) is 5.87. The molecule has 0 bridgehead atoms. The second-order valence-corrected chi connectivity index (χ2v) is 7.50. The normalized spacial score (nSPS) is 11.9. The molecular formula is C27H22. The summed E-state index contributed by atoms with van der Waals surface area (Å²) in [6, 6.07) is 31.1. The minimum Gasteiger partial charge on any atom is -0.0620 e. The second-order valence-electron chi connectivity index (χ2n) is 7.50. The Bertz CT molecular complexity index is 1160. The molecule has 0 heteroatoms. The molecule has 4 aromatic rings. The predicted molar refractivity (Wildman–Crippen MR) is 115 cm³/mol. The summed E-state index contributed by atoms with van der Waals surface area (Å²) in [4.78, 5) is 0. The molecule has 0 saturated heterocycles. The van der Waals surface area contributed by atoms with E-state index in [9.17, 15) is 0 Å². The Kier molecular flexibility index (Phi) is 3.72. The van der Waals surface area contributed by atoms with E-state index >= 15 is 0 Å². The summed E-state index contributed by atoms with van der Waals surface area (Å²) in [7, 11) is 0. The molecule has 0 aliphatic heterocycles. The monoisotopic (exact) mass is 346 g/mol. The minimum absolute atomic E-state index is 1.04. The molecule has 27 heavy (non-hydrogen) atoms. The highest BCUT2D eigenvalue weighted by Gasteiger charge is 2.19. The first-order valence-electron chi connectivity index (χ1n) is 9.59. The molecule has 0 saturated carbocycles. The molecule has 0 atom stereocenters. The molecule has 1 aliphatic rings. The number of rotatable bonds is 2. The molecule has 5 rings (SSSR count). The lowest BCUT2D eigenvalue weighted by atomic mass is 9.90. The zero-order valence-corrected chi connectivity index (χ0v) is 15.8. The number of fused-ring (bicyclic) bond motifs is 3. The van der Waals surface area contributed by atoms with Gasteiger partial charge in [0.25, 0.3) is 0 Å². The zero-order chi connectivity index (χ0) is 18.4. The number of aryl methyl sites for hydroxylation is 1. The SMILES string of the molecule is Cc1ccccc1-c1cccc(-c2ccc3c(c2)Cc2ccccc2-3)c1C. The van der Waals surface area contributed by atoms with E-state index in [1.54, 1.807) is 0 Å². The minimum atomic E-state index is 1.04.